The van der Waals surface area contributed by atoms with Crippen LogP contribution >= 0.6 is 0 Å². The van der Waals surface area contributed by atoms with Gasteiger partial charge in [0.25, 0.3) is 0 Å². The van der Waals surface area contributed by atoms with Gasteiger partial charge >= 0.3 is 0 Å². The van der Waals surface area contributed by atoms with E-state index in [9.17, 15) is 5.11 Å². The van der Waals surface area contributed by atoms with E-state index in [1.807, 2.05) is 121 Å². The quantitative estimate of drug-likeness (QED) is 0.236. The number of hydrogen-bond acceptors (Lipinski definition) is 6. The third kappa shape index (κ3) is 8.08. The van der Waals surface area contributed by atoms with E-state index in [0.29, 0.717) is 26.4 Å². The molecule has 6 heteroatoms. The van der Waals surface area contributed by atoms with Crippen LogP contribution < -0.4 is 0 Å². The average molecular weight is 541 g/mol. The van der Waals surface area contributed by atoms with Gasteiger partial charge in [-0.15, -0.1) is 0 Å². The van der Waals surface area contributed by atoms with Crippen molar-refractivity contribution in [2.24, 2.45) is 0 Å². The van der Waals surface area contributed by atoms with Crippen LogP contribution in [0, 0.1) is 0 Å². The van der Waals surface area contributed by atoms with Gasteiger partial charge in [0.1, 0.15) is 24.4 Å². The minimum absolute atomic E-state index is 0.224. The zero-order valence-corrected chi connectivity index (χ0v) is 22.5. The van der Waals surface area contributed by atoms with E-state index in [-0.39, 0.29) is 6.61 Å². The van der Waals surface area contributed by atoms with Gasteiger partial charge in [0, 0.05) is 0 Å². The standard InChI is InChI=1S/C34H36O6/c35-34-33(39-24-29-19-11-4-12-20-29)32(38-23-28-17-9-3-10-18-28)31(37-22-27-15-7-2-8-16-27)30(40-34)25-36-21-26-13-5-1-6-14-26/h1-20,30-35H,21-25H2/t30?,31-,32+,33?,34?/m0/s1. The average Bonchev–Trinajstić information content (AvgIpc) is 3.01. The molecule has 3 unspecified atom stereocenters. The molecular formula is C34H36O6. The Hall–Kier alpha value is -3.36. The van der Waals surface area contributed by atoms with Crippen LogP contribution in [0.2, 0.25) is 0 Å². The maximum absolute atomic E-state index is 11.2. The highest BCUT2D eigenvalue weighted by Gasteiger charge is 2.48. The fourth-order valence-electron chi connectivity index (χ4n) is 4.77. The van der Waals surface area contributed by atoms with Crippen LogP contribution in [-0.2, 0) is 50.1 Å². The summed E-state index contributed by atoms with van der Waals surface area (Å²) in [5.41, 5.74) is 4.10. The number of benzene rings is 4. The Labute approximate surface area is 236 Å². The Kier molecular flexibility index (Phi) is 10.5. The Morgan fingerprint density at radius 1 is 0.475 bits per heavy atom. The summed E-state index contributed by atoms with van der Waals surface area (Å²) < 4.78 is 31.4. The van der Waals surface area contributed by atoms with Gasteiger partial charge in [0.2, 0.25) is 0 Å². The zero-order chi connectivity index (χ0) is 27.4. The van der Waals surface area contributed by atoms with E-state index in [4.69, 9.17) is 23.7 Å². The summed E-state index contributed by atoms with van der Waals surface area (Å²) in [7, 11) is 0. The molecule has 0 aliphatic carbocycles. The van der Waals surface area contributed by atoms with Crippen LogP contribution in [0.15, 0.2) is 121 Å². The minimum Gasteiger partial charge on any atom is -0.374 e. The lowest BCUT2D eigenvalue weighted by molar-refractivity contribution is -0.317. The van der Waals surface area contributed by atoms with Crippen molar-refractivity contribution < 1.29 is 28.8 Å². The molecule has 0 aromatic heterocycles. The molecule has 6 nitrogen and oxygen atoms in total. The van der Waals surface area contributed by atoms with Crippen molar-refractivity contribution in [3.63, 3.8) is 0 Å². The first-order chi connectivity index (χ1) is 19.8. The number of rotatable bonds is 13. The van der Waals surface area contributed by atoms with Crippen molar-refractivity contribution in [2.75, 3.05) is 6.61 Å². The summed E-state index contributed by atoms with van der Waals surface area (Å²) in [6.45, 7) is 1.65. The van der Waals surface area contributed by atoms with Gasteiger partial charge in [-0.2, -0.15) is 0 Å². The largest absolute Gasteiger partial charge is 0.374 e. The molecule has 40 heavy (non-hydrogen) atoms. The van der Waals surface area contributed by atoms with Crippen molar-refractivity contribution in [1.29, 1.82) is 0 Å². The molecule has 1 heterocycles. The SMILES string of the molecule is OC1OC(COCc2ccccc2)[C@H](OCc2ccccc2)[C@@H](OCc2ccccc2)C1OCc1ccccc1. The van der Waals surface area contributed by atoms with Crippen LogP contribution in [0.25, 0.3) is 0 Å². The Morgan fingerprint density at radius 3 is 1.30 bits per heavy atom. The Bertz CT molecular complexity index is 1240. The van der Waals surface area contributed by atoms with Crippen LogP contribution in [0.3, 0.4) is 0 Å². The Balaban J connectivity index is 1.36. The summed E-state index contributed by atoms with van der Waals surface area (Å²) >= 11 is 0. The molecule has 4 aromatic carbocycles. The smallest absolute Gasteiger partial charge is 0.184 e. The molecule has 1 saturated heterocycles. The number of aliphatic hydroxyl groups excluding tert-OH is 1. The molecule has 0 amide bonds. The number of aliphatic hydroxyl groups is 1. The second-order valence-corrected chi connectivity index (χ2v) is 9.85. The van der Waals surface area contributed by atoms with Gasteiger partial charge in [-0.25, -0.2) is 0 Å². The second-order valence-electron chi connectivity index (χ2n) is 9.85. The first-order valence-electron chi connectivity index (χ1n) is 13.7. The predicted molar refractivity (Wildman–Crippen MR) is 152 cm³/mol. The molecule has 0 radical (unpaired) electrons. The molecule has 208 valence electrons. The molecule has 5 atom stereocenters. The normalized spacial score (nSPS) is 22.7. The van der Waals surface area contributed by atoms with Gasteiger partial charge < -0.3 is 28.8 Å². The van der Waals surface area contributed by atoms with Crippen LogP contribution in [-0.4, -0.2) is 42.4 Å². The summed E-state index contributed by atoms with van der Waals surface area (Å²) in [6.07, 6.45) is -3.72. The van der Waals surface area contributed by atoms with Crippen molar-refractivity contribution in [1.82, 2.24) is 0 Å². The summed E-state index contributed by atoms with van der Waals surface area (Å²) in [4.78, 5) is 0. The fourth-order valence-corrected chi connectivity index (χ4v) is 4.77. The minimum atomic E-state index is -1.22. The molecule has 0 bridgehead atoms. The van der Waals surface area contributed by atoms with Crippen LogP contribution in [0.1, 0.15) is 22.3 Å². The van der Waals surface area contributed by atoms with Gasteiger partial charge in [-0.05, 0) is 22.3 Å². The van der Waals surface area contributed by atoms with Gasteiger partial charge in [0.15, 0.2) is 6.29 Å². The van der Waals surface area contributed by atoms with Gasteiger partial charge in [-0.1, -0.05) is 121 Å². The third-order valence-corrected chi connectivity index (χ3v) is 6.86. The predicted octanol–water partition coefficient (Wildman–Crippen LogP) is 5.68. The second kappa shape index (κ2) is 14.9. The van der Waals surface area contributed by atoms with E-state index < -0.39 is 30.7 Å². The topological polar surface area (TPSA) is 66.4 Å². The monoisotopic (exact) mass is 540 g/mol. The maximum Gasteiger partial charge on any atom is 0.184 e. The lowest BCUT2D eigenvalue weighted by Crippen LogP contribution is -2.61. The van der Waals surface area contributed by atoms with E-state index in [1.165, 1.54) is 0 Å². The van der Waals surface area contributed by atoms with Crippen molar-refractivity contribution >= 4 is 0 Å². The molecular weight excluding hydrogens is 504 g/mol. The lowest BCUT2D eigenvalue weighted by Gasteiger charge is -2.44. The highest BCUT2D eigenvalue weighted by molar-refractivity contribution is 5.16. The zero-order valence-electron chi connectivity index (χ0n) is 22.5. The molecule has 1 fully saturated rings. The molecule has 0 saturated carbocycles. The molecule has 5 rings (SSSR count). The van der Waals surface area contributed by atoms with E-state index in [0.717, 1.165) is 22.3 Å². The molecule has 0 spiro atoms. The molecule has 1 N–H and O–H groups in total. The summed E-state index contributed by atoms with van der Waals surface area (Å²) in [5.74, 6) is 0. The molecule has 4 aromatic rings. The fraction of sp³-hybridized carbons (Fsp3) is 0.294. The van der Waals surface area contributed by atoms with Crippen LogP contribution in [0.5, 0.6) is 0 Å². The highest BCUT2D eigenvalue weighted by atomic mass is 16.7. The van der Waals surface area contributed by atoms with E-state index in [1.54, 1.807) is 0 Å². The third-order valence-electron chi connectivity index (χ3n) is 6.86. The van der Waals surface area contributed by atoms with Crippen molar-refractivity contribution in [2.45, 2.75) is 57.1 Å². The van der Waals surface area contributed by atoms with Crippen LogP contribution in [0.4, 0.5) is 0 Å². The highest BCUT2D eigenvalue weighted by Crippen LogP contribution is 2.30. The first kappa shape index (κ1) is 28.2. The number of ether oxygens (including phenoxy) is 5. The summed E-state index contributed by atoms with van der Waals surface area (Å²) in [5, 5.41) is 11.2. The van der Waals surface area contributed by atoms with Crippen molar-refractivity contribution in [3.05, 3.63) is 144 Å². The van der Waals surface area contributed by atoms with Gasteiger partial charge in [-0.3, -0.25) is 0 Å². The maximum atomic E-state index is 11.2. The van der Waals surface area contributed by atoms with Crippen molar-refractivity contribution in [3.8, 4) is 0 Å². The van der Waals surface area contributed by atoms with E-state index in [2.05, 4.69) is 0 Å². The molecule has 1 aliphatic heterocycles. The lowest BCUT2D eigenvalue weighted by atomic mass is 9.98. The Morgan fingerprint density at radius 2 is 0.850 bits per heavy atom. The summed E-state index contributed by atoms with van der Waals surface area (Å²) in [6, 6.07) is 39.7. The molecule has 1 aliphatic rings. The van der Waals surface area contributed by atoms with Gasteiger partial charge in [0.05, 0.1) is 33.0 Å². The number of hydrogen-bond donors (Lipinski definition) is 1. The first-order valence-corrected chi connectivity index (χ1v) is 13.7. The van der Waals surface area contributed by atoms with E-state index >= 15 is 0 Å².